The number of aromatic nitrogens is 3. The Balaban J connectivity index is 1.42. The maximum absolute atomic E-state index is 12.9. The molecule has 2 aromatic carbocycles. The maximum Gasteiger partial charge on any atom is 0.335 e. The molecular formula is C25H19N3O4. The maximum atomic E-state index is 12.9. The van der Waals surface area contributed by atoms with Crippen molar-refractivity contribution in [3.05, 3.63) is 99.9 Å². The summed E-state index contributed by atoms with van der Waals surface area (Å²) in [6.07, 6.45) is 6.16. The molecule has 0 spiro atoms. The van der Waals surface area contributed by atoms with E-state index in [9.17, 15) is 14.7 Å². The normalized spacial score (nSPS) is 13.9. The van der Waals surface area contributed by atoms with Crippen LogP contribution in [0.4, 0.5) is 0 Å². The van der Waals surface area contributed by atoms with Gasteiger partial charge < -0.3 is 9.84 Å². The number of aromatic carboxylic acids is 1. The molecule has 3 heterocycles. The lowest BCUT2D eigenvalue weighted by Gasteiger charge is -2.07. The molecule has 0 unspecified atom stereocenters. The van der Waals surface area contributed by atoms with Crippen LogP contribution in [-0.2, 0) is 13.2 Å². The van der Waals surface area contributed by atoms with E-state index in [-0.39, 0.29) is 11.1 Å². The van der Waals surface area contributed by atoms with E-state index in [1.807, 2.05) is 42.5 Å². The van der Waals surface area contributed by atoms with E-state index in [1.54, 1.807) is 17.0 Å². The zero-order valence-electron chi connectivity index (χ0n) is 17.1. The van der Waals surface area contributed by atoms with Gasteiger partial charge in [0.05, 0.1) is 16.5 Å². The minimum atomic E-state index is -1.05. The van der Waals surface area contributed by atoms with Crippen molar-refractivity contribution in [2.24, 2.45) is 0 Å². The van der Waals surface area contributed by atoms with Crippen molar-refractivity contribution in [2.45, 2.75) is 19.6 Å². The van der Waals surface area contributed by atoms with E-state index in [0.29, 0.717) is 36.3 Å². The number of carboxylic acid groups (broad SMARTS) is 1. The summed E-state index contributed by atoms with van der Waals surface area (Å²) in [4.78, 5) is 32.8. The number of nitrogens with zero attached hydrogens (tertiary/aromatic N) is 3. The van der Waals surface area contributed by atoms with Gasteiger partial charge in [-0.3, -0.25) is 14.3 Å². The molecule has 0 atom stereocenters. The number of rotatable bonds is 5. The van der Waals surface area contributed by atoms with Crippen LogP contribution in [0.1, 0.15) is 33.7 Å². The first-order chi connectivity index (χ1) is 15.6. The fourth-order valence-electron chi connectivity index (χ4n) is 3.79. The van der Waals surface area contributed by atoms with Crippen LogP contribution in [0.15, 0.2) is 71.8 Å². The second-order valence-electron chi connectivity index (χ2n) is 7.56. The molecule has 0 bridgehead atoms. The van der Waals surface area contributed by atoms with Gasteiger partial charge >= 0.3 is 5.97 Å². The smallest absolute Gasteiger partial charge is 0.335 e. The third kappa shape index (κ3) is 3.76. The lowest BCUT2D eigenvalue weighted by Crippen LogP contribution is -2.20. The SMILES string of the molecule is O=C(O)c1ccc2c(=O)n3c(nc2c1)/C(=C\c1ccc(OCc2ccncc2)cc1)CC3. The molecular weight excluding hydrogens is 406 g/mol. The van der Waals surface area contributed by atoms with E-state index in [0.717, 1.165) is 22.4 Å². The third-order valence-electron chi connectivity index (χ3n) is 5.47. The van der Waals surface area contributed by atoms with Gasteiger partial charge in [-0.25, -0.2) is 9.78 Å². The summed E-state index contributed by atoms with van der Waals surface area (Å²) < 4.78 is 7.47. The molecule has 7 nitrogen and oxygen atoms in total. The van der Waals surface area contributed by atoms with Crippen LogP contribution < -0.4 is 10.3 Å². The largest absolute Gasteiger partial charge is 0.489 e. The second-order valence-corrected chi connectivity index (χ2v) is 7.56. The molecule has 1 aliphatic rings. The molecule has 0 fully saturated rings. The van der Waals surface area contributed by atoms with Gasteiger partial charge in [0.25, 0.3) is 5.56 Å². The summed E-state index contributed by atoms with van der Waals surface area (Å²) in [5.74, 6) is 0.302. The minimum Gasteiger partial charge on any atom is -0.489 e. The highest BCUT2D eigenvalue weighted by molar-refractivity contribution is 5.93. The van der Waals surface area contributed by atoms with Gasteiger partial charge in [-0.15, -0.1) is 0 Å². The fraction of sp³-hybridized carbons (Fsp3) is 0.120. The highest BCUT2D eigenvalue weighted by atomic mass is 16.5. The number of benzene rings is 2. The number of hydrogen-bond acceptors (Lipinski definition) is 5. The lowest BCUT2D eigenvalue weighted by molar-refractivity contribution is 0.0697. The predicted octanol–water partition coefficient (Wildman–Crippen LogP) is 4.01. The average molecular weight is 425 g/mol. The molecule has 1 aliphatic heterocycles. The summed E-state index contributed by atoms with van der Waals surface area (Å²) in [6.45, 7) is 1.02. The fourth-order valence-corrected chi connectivity index (χ4v) is 3.79. The van der Waals surface area contributed by atoms with E-state index >= 15 is 0 Å². The van der Waals surface area contributed by atoms with Crippen molar-refractivity contribution in [3.8, 4) is 5.75 Å². The first kappa shape index (κ1) is 19.7. The van der Waals surface area contributed by atoms with Crippen molar-refractivity contribution < 1.29 is 14.6 Å². The summed E-state index contributed by atoms with van der Waals surface area (Å²) in [7, 11) is 0. The Kier molecular flexibility index (Phi) is 4.99. The molecule has 32 heavy (non-hydrogen) atoms. The first-order valence-electron chi connectivity index (χ1n) is 10.2. The average Bonchev–Trinajstić information content (AvgIpc) is 3.21. The van der Waals surface area contributed by atoms with E-state index in [2.05, 4.69) is 9.97 Å². The minimum absolute atomic E-state index is 0.111. The van der Waals surface area contributed by atoms with E-state index in [1.165, 1.54) is 18.2 Å². The Hall–Kier alpha value is -4.26. The molecule has 1 N–H and O–H groups in total. The van der Waals surface area contributed by atoms with Crippen molar-refractivity contribution in [3.63, 3.8) is 0 Å². The van der Waals surface area contributed by atoms with Crippen molar-refractivity contribution in [1.82, 2.24) is 14.5 Å². The van der Waals surface area contributed by atoms with Gasteiger partial charge in [0.1, 0.15) is 18.2 Å². The van der Waals surface area contributed by atoms with Gasteiger partial charge in [-0.1, -0.05) is 12.1 Å². The number of allylic oxidation sites excluding steroid dienone is 1. The molecule has 5 rings (SSSR count). The summed E-state index contributed by atoms with van der Waals surface area (Å²) in [5, 5.41) is 9.67. The molecule has 7 heteroatoms. The monoisotopic (exact) mass is 425 g/mol. The van der Waals surface area contributed by atoms with Gasteiger partial charge in [0, 0.05) is 18.9 Å². The zero-order chi connectivity index (χ0) is 22.1. The van der Waals surface area contributed by atoms with E-state index in [4.69, 9.17) is 4.74 Å². The number of ether oxygens (including phenoxy) is 1. The molecule has 0 saturated heterocycles. The molecule has 0 radical (unpaired) electrons. The molecule has 158 valence electrons. The van der Waals surface area contributed by atoms with Crippen LogP contribution in [0, 0.1) is 0 Å². The Labute approximate surface area is 183 Å². The number of carboxylic acids is 1. The predicted molar refractivity (Wildman–Crippen MR) is 120 cm³/mol. The molecule has 0 saturated carbocycles. The Morgan fingerprint density at radius 3 is 2.62 bits per heavy atom. The molecule has 4 aromatic rings. The van der Waals surface area contributed by atoms with Gasteiger partial charge in [0.15, 0.2) is 0 Å². The van der Waals surface area contributed by atoms with Gasteiger partial charge in [-0.05, 0) is 71.7 Å². The quantitative estimate of drug-likeness (QED) is 0.519. The third-order valence-corrected chi connectivity index (χ3v) is 5.47. The lowest BCUT2D eigenvalue weighted by atomic mass is 10.1. The summed E-state index contributed by atoms with van der Waals surface area (Å²) in [6, 6.07) is 16.0. The summed E-state index contributed by atoms with van der Waals surface area (Å²) >= 11 is 0. The van der Waals surface area contributed by atoms with Gasteiger partial charge in [-0.2, -0.15) is 0 Å². The zero-order valence-corrected chi connectivity index (χ0v) is 17.1. The number of carbonyl (C=O) groups is 1. The second kappa shape index (κ2) is 8.11. The number of fused-ring (bicyclic) bond motifs is 2. The molecule has 2 aromatic heterocycles. The van der Waals surface area contributed by atoms with Crippen molar-refractivity contribution >= 4 is 28.5 Å². The summed E-state index contributed by atoms with van der Waals surface area (Å²) in [5.41, 5.74) is 3.32. The molecule has 0 amide bonds. The topological polar surface area (TPSA) is 94.3 Å². The van der Waals surface area contributed by atoms with Crippen LogP contribution in [-0.4, -0.2) is 25.6 Å². The number of pyridine rings is 1. The highest BCUT2D eigenvalue weighted by Gasteiger charge is 2.21. The Morgan fingerprint density at radius 1 is 1.09 bits per heavy atom. The van der Waals surface area contributed by atoms with Gasteiger partial charge in [0.2, 0.25) is 0 Å². The van der Waals surface area contributed by atoms with Crippen LogP contribution in [0.3, 0.4) is 0 Å². The van der Waals surface area contributed by atoms with Crippen molar-refractivity contribution in [2.75, 3.05) is 0 Å². The highest BCUT2D eigenvalue weighted by Crippen LogP contribution is 2.28. The Bertz CT molecular complexity index is 1410. The van der Waals surface area contributed by atoms with Crippen LogP contribution in [0.5, 0.6) is 5.75 Å². The van der Waals surface area contributed by atoms with Crippen LogP contribution in [0.25, 0.3) is 22.6 Å². The standard InChI is InChI=1S/C25H19N3O4/c29-24-21-6-3-19(25(30)31)14-22(21)27-23-18(9-12-28(23)24)13-16-1-4-20(5-2-16)32-15-17-7-10-26-11-8-17/h1-8,10-11,13-14H,9,12,15H2,(H,30,31)/b18-13-. The molecule has 0 aliphatic carbocycles. The van der Waals surface area contributed by atoms with Crippen molar-refractivity contribution in [1.29, 1.82) is 0 Å². The number of hydrogen-bond donors (Lipinski definition) is 1. The van der Waals surface area contributed by atoms with Crippen LogP contribution >= 0.6 is 0 Å². The van der Waals surface area contributed by atoms with E-state index < -0.39 is 5.97 Å². The first-order valence-corrected chi connectivity index (χ1v) is 10.2. The Morgan fingerprint density at radius 2 is 1.88 bits per heavy atom. The van der Waals surface area contributed by atoms with Crippen LogP contribution in [0.2, 0.25) is 0 Å².